The van der Waals surface area contributed by atoms with Gasteiger partial charge in [0.15, 0.2) is 11.6 Å². The molecule has 0 aromatic carbocycles. The molecule has 0 aliphatic heterocycles. The molecule has 2 aromatic rings. The molecular formula is C18H30N6. The topological polar surface area (TPSA) is 80.6 Å². The molecule has 0 bridgehead atoms. The summed E-state index contributed by atoms with van der Waals surface area (Å²) >= 11 is 0. The summed E-state index contributed by atoms with van der Waals surface area (Å²) in [7, 11) is 0. The largest absolute Gasteiger partial charge is 0.370 e. The van der Waals surface area contributed by atoms with E-state index in [1.54, 1.807) is 0 Å². The van der Waals surface area contributed by atoms with E-state index < -0.39 is 0 Å². The fraction of sp³-hybridized carbons (Fsp3) is 0.611. The molecule has 0 saturated carbocycles. The molecule has 1 atom stereocenters. The Balaban J connectivity index is 1.69. The molecule has 1 unspecified atom stereocenters. The van der Waals surface area contributed by atoms with E-state index in [1.807, 2.05) is 28.8 Å². The lowest BCUT2D eigenvalue weighted by atomic mass is 10.0. The molecule has 132 valence electrons. The van der Waals surface area contributed by atoms with Crippen molar-refractivity contribution in [3.8, 4) is 0 Å². The van der Waals surface area contributed by atoms with Crippen LogP contribution in [0.1, 0.15) is 52.3 Å². The SMILES string of the molecule is CC(C)CCCC(C)NC(N)=NCCCc1nnc2ccccn12. The number of nitrogens with zero attached hydrogens (tertiary/aromatic N) is 4. The Labute approximate surface area is 144 Å². The zero-order valence-electron chi connectivity index (χ0n) is 15.1. The van der Waals surface area contributed by atoms with Crippen LogP contribution in [0.25, 0.3) is 5.65 Å². The highest BCUT2D eigenvalue weighted by Crippen LogP contribution is 2.08. The van der Waals surface area contributed by atoms with E-state index in [-0.39, 0.29) is 0 Å². The Kier molecular flexibility index (Phi) is 7.03. The lowest BCUT2D eigenvalue weighted by Gasteiger charge is -2.15. The van der Waals surface area contributed by atoms with Gasteiger partial charge in [0.25, 0.3) is 0 Å². The first kappa shape index (κ1) is 18.2. The van der Waals surface area contributed by atoms with Crippen LogP contribution in [0, 0.1) is 5.92 Å². The highest BCUT2D eigenvalue weighted by Gasteiger charge is 2.05. The van der Waals surface area contributed by atoms with Crippen molar-refractivity contribution in [2.45, 2.75) is 58.9 Å². The minimum atomic E-state index is 0.368. The Bertz CT molecular complexity index is 646. The molecule has 2 heterocycles. The van der Waals surface area contributed by atoms with Gasteiger partial charge in [0.1, 0.15) is 5.82 Å². The zero-order valence-corrected chi connectivity index (χ0v) is 15.1. The Morgan fingerprint density at radius 2 is 2.04 bits per heavy atom. The van der Waals surface area contributed by atoms with E-state index in [9.17, 15) is 0 Å². The van der Waals surface area contributed by atoms with Crippen LogP contribution in [0.3, 0.4) is 0 Å². The Morgan fingerprint density at radius 3 is 2.83 bits per heavy atom. The number of nitrogens with two attached hydrogens (primary N) is 1. The first-order valence-corrected chi connectivity index (χ1v) is 8.91. The van der Waals surface area contributed by atoms with Gasteiger partial charge in [0, 0.05) is 25.2 Å². The fourth-order valence-corrected chi connectivity index (χ4v) is 2.70. The summed E-state index contributed by atoms with van der Waals surface area (Å²) in [5.74, 6) is 2.27. The first-order chi connectivity index (χ1) is 11.6. The lowest BCUT2D eigenvalue weighted by molar-refractivity contribution is 0.493. The molecule has 6 nitrogen and oxygen atoms in total. The van der Waals surface area contributed by atoms with Gasteiger partial charge in [-0.1, -0.05) is 32.8 Å². The van der Waals surface area contributed by atoms with Crippen LogP contribution < -0.4 is 11.1 Å². The van der Waals surface area contributed by atoms with Crippen molar-refractivity contribution in [3.63, 3.8) is 0 Å². The molecular weight excluding hydrogens is 300 g/mol. The molecule has 2 aromatic heterocycles. The second kappa shape index (κ2) is 9.25. The maximum Gasteiger partial charge on any atom is 0.188 e. The maximum atomic E-state index is 5.96. The number of nitrogens with one attached hydrogen (secondary N) is 1. The van der Waals surface area contributed by atoms with Crippen molar-refractivity contribution in [1.82, 2.24) is 19.9 Å². The van der Waals surface area contributed by atoms with Crippen LogP contribution >= 0.6 is 0 Å². The average Bonchev–Trinajstić information content (AvgIpc) is 2.94. The average molecular weight is 330 g/mol. The minimum Gasteiger partial charge on any atom is -0.370 e. The van der Waals surface area contributed by atoms with Crippen molar-refractivity contribution in [2.24, 2.45) is 16.6 Å². The van der Waals surface area contributed by atoms with Crippen LogP contribution in [0.15, 0.2) is 29.4 Å². The van der Waals surface area contributed by atoms with Crippen molar-refractivity contribution in [2.75, 3.05) is 6.54 Å². The van der Waals surface area contributed by atoms with Crippen LogP contribution in [-0.4, -0.2) is 33.1 Å². The van der Waals surface area contributed by atoms with Crippen LogP contribution in [-0.2, 0) is 6.42 Å². The summed E-state index contributed by atoms with van der Waals surface area (Å²) in [6.45, 7) is 7.36. The molecule has 0 spiro atoms. The number of aryl methyl sites for hydroxylation is 1. The normalized spacial score (nSPS) is 13.6. The molecule has 24 heavy (non-hydrogen) atoms. The Hall–Kier alpha value is -2.11. The number of pyridine rings is 1. The van der Waals surface area contributed by atoms with Gasteiger partial charge in [-0.05, 0) is 37.8 Å². The van der Waals surface area contributed by atoms with Gasteiger partial charge in [-0.3, -0.25) is 9.39 Å². The maximum absolute atomic E-state index is 5.96. The fourth-order valence-electron chi connectivity index (χ4n) is 2.70. The number of hydrogen-bond acceptors (Lipinski definition) is 3. The molecule has 0 saturated heterocycles. The molecule has 6 heteroatoms. The summed E-state index contributed by atoms with van der Waals surface area (Å²) in [4.78, 5) is 4.41. The van der Waals surface area contributed by atoms with Gasteiger partial charge < -0.3 is 11.1 Å². The summed E-state index contributed by atoms with van der Waals surface area (Å²) < 4.78 is 2.02. The van der Waals surface area contributed by atoms with Gasteiger partial charge in [-0.25, -0.2) is 0 Å². The second-order valence-electron chi connectivity index (χ2n) is 6.79. The van der Waals surface area contributed by atoms with Crippen molar-refractivity contribution < 1.29 is 0 Å². The molecule has 0 radical (unpaired) electrons. The van der Waals surface area contributed by atoms with E-state index >= 15 is 0 Å². The van der Waals surface area contributed by atoms with Crippen LogP contribution in [0.4, 0.5) is 0 Å². The van der Waals surface area contributed by atoms with E-state index in [1.165, 1.54) is 12.8 Å². The van der Waals surface area contributed by atoms with Gasteiger partial charge >= 0.3 is 0 Å². The third-order valence-electron chi connectivity index (χ3n) is 4.04. The predicted molar refractivity (Wildman–Crippen MR) is 99.1 cm³/mol. The van der Waals surface area contributed by atoms with Gasteiger partial charge in [-0.15, -0.1) is 10.2 Å². The summed E-state index contributed by atoms with van der Waals surface area (Å²) in [6.07, 6.45) is 7.34. The smallest absolute Gasteiger partial charge is 0.188 e. The summed E-state index contributed by atoms with van der Waals surface area (Å²) in [6, 6.07) is 6.28. The second-order valence-corrected chi connectivity index (χ2v) is 6.79. The number of aliphatic imine (C=N–C) groups is 1. The number of guanidine groups is 1. The third kappa shape index (κ3) is 5.83. The standard InChI is InChI=1S/C18H30N6/c1-14(2)8-6-9-15(3)21-18(19)20-12-7-11-17-23-22-16-10-4-5-13-24(16)17/h4-5,10,13-15H,6-9,11-12H2,1-3H3,(H3,19,20,21). The summed E-state index contributed by atoms with van der Waals surface area (Å²) in [5.41, 5.74) is 6.84. The van der Waals surface area contributed by atoms with Crippen molar-refractivity contribution >= 4 is 11.6 Å². The monoisotopic (exact) mass is 330 g/mol. The third-order valence-corrected chi connectivity index (χ3v) is 4.04. The molecule has 3 N–H and O–H groups in total. The number of aromatic nitrogens is 3. The summed E-state index contributed by atoms with van der Waals surface area (Å²) in [5, 5.41) is 11.7. The van der Waals surface area contributed by atoms with E-state index in [2.05, 4.69) is 41.3 Å². The van der Waals surface area contributed by atoms with Crippen molar-refractivity contribution in [1.29, 1.82) is 0 Å². The van der Waals surface area contributed by atoms with Crippen LogP contribution in [0.5, 0.6) is 0 Å². The van der Waals surface area contributed by atoms with Crippen LogP contribution in [0.2, 0.25) is 0 Å². The van der Waals surface area contributed by atoms with Gasteiger partial charge in [0.2, 0.25) is 0 Å². The number of rotatable bonds is 9. The zero-order chi connectivity index (χ0) is 17.4. The molecule has 0 amide bonds. The lowest BCUT2D eigenvalue weighted by Crippen LogP contribution is -2.38. The number of fused-ring (bicyclic) bond motifs is 1. The first-order valence-electron chi connectivity index (χ1n) is 8.91. The van der Waals surface area contributed by atoms with Gasteiger partial charge in [-0.2, -0.15) is 0 Å². The van der Waals surface area contributed by atoms with E-state index in [4.69, 9.17) is 5.73 Å². The molecule has 0 fully saturated rings. The van der Waals surface area contributed by atoms with Gasteiger partial charge in [0.05, 0.1) is 0 Å². The molecule has 2 rings (SSSR count). The highest BCUT2D eigenvalue weighted by molar-refractivity contribution is 5.78. The van der Waals surface area contributed by atoms with E-state index in [0.29, 0.717) is 18.5 Å². The highest BCUT2D eigenvalue weighted by atomic mass is 15.2. The predicted octanol–water partition coefficient (Wildman–Crippen LogP) is 2.78. The number of hydrogen-bond donors (Lipinski definition) is 2. The van der Waals surface area contributed by atoms with E-state index in [0.717, 1.165) is 36.7 Å². The quantitative estimate of drug-likeness (QED) is 0.421. The molecule has 0 aliphatic carbocycles. The molecule has 0 aliphatic rings. The minimum absolute atomic E-state index is 0.368. The van der Waals surface area contributed by atoms with Crippen molar-refractivity contribution in [3.05, 3.63) is 30.2 Å². The Morgan fingerprint density at radius 1 is 1.21 bits per heavy atom.